The van der Waals surface area contributed by atoms with E-state index in [4.69, 9.17) is 0 Å². The predicted molar refractivity (Wildman–Crippen MR) is 114 cm³/mol. The van der Waals surface area contributed by atoms with Gasteiger partial charge in [0.2, 0.25) is 0 Å². The average molecular weight is 413 g/mol. The van der Waals surface area contributed by atoms with Crippen LogP contribution >= 0.6 is 15.9 Å². The summed E-state index contributed by atoms with van der Waals surface area (Å²) in [6.45, 7) is 7.51. The summed E-state index contributed by atoms with van der Waals surface area (Å²) in [4.78, 5) is 0. The zero-order valence-electron chi connectivity index (χ0n) is 15.6. The summed E-state index contributed by atoms with van der Waals surface area (Å²) in [5.41, 5.74) is 4.03. The third-order valence-electron chi connectivity index (χ3n) is 6.66. The van der Waals surface area contributed by atoms with Gasteiger partial charge >= 0.3 is 0 Å². The lowest BCUT2D eigenvalue weighted by molar-refractivity contribution is 0.743. The normalized spacial score (nSPS) is 28.0. The zero-order valence-corrected chi connectivity index (χ0v) is 18.2. The molecule has 0 nitrogen and oxygen atoms in total. The van der Waals surface area contributed by atoms with E-state index in [1.165, 1.54) is 35.7 Å². The molecule has 4 atom stereocenters. The SMILES string of the molecule is C[C@H]1C[C@@H]1Cc1cc(Br)cc(C[C@@H]2C[C@H]2[Si](C)(C)c2ccccc2)c1. The van der Waals surface area contributed by atoms with Gasteiger partial charge in [0, 0.05) is 4.47 Å². The van der Waals surface area contributed by atoms with Gasteiger partial charge in [-0.15, -0.1) is 0 Å². The van der Waals surface area contributed by atoms with Crippen LogP contribution in [0.5, 0.6) is 0 Å². The molecule has 0 aliphatic heterocycles. The molecule has 0 aromatic heterocycles. The first-order valence-electron chi connectivity index (χ1n) is 9.77. The van der Waals surface area contributed by atoms with Crippen LogP contribution in [0.15, 0.2) is 53.0 Å². The Kier molecular flexibility index (Phi) is 4.70. The van der Waals surface area contributed by atoms with E-state index in [9.17, 15) is 0 Å². The van der Waals surface area contributed by atoms with Crippen molar-refractivity contribution in [3.63, 3.8) is 0 Å². The molecule has 0 unspecified atom stereocenters. The van der Waals surface area contributed by atoms with Crippen LogP contribution < -0.4 is 5.19 Å². The molecule has 2 aliphatic rings. The fourth-order valence-corrected chi connectivity index (χ4v) is 8.94. The highest BCUT2D eigenvalue weighted by atomic mass is 79.9. The van der Waals surface area contributed by atoms with Crippen molar-refractivity contribution in [2.24, 2.45) is 17.8 Å². The lowest BCUT2D eigenvalue weighted by Crippen LogP contribution is -2.42. The van der Waals surface area contributed by atoms with Gasteiger partial charge in [0.1, 0.15) is 0 Å². The maximum Gasteiger partial charge on any atom is 0.0839 e. The number of hydrogen-bond donors (Lipinski definition) is 0. The highest BCUT2D eigenvalue weighted by Gasteiger charge is 2.49. The Morgan fingerprint density at radius 2 is 1.52 bits per heavy atom. The lowest BCUT2D eigenvalue weighted by atomic mass is 10.0. The van der Waals surface area contributed by atoms with Gasteiger partial charge in [0.15, 0.2) is 0 Å². The minimum atomic E-state index is -1.33. The molecule has 2 aliphatic carbocycles. The van der Waals surface area contributed by atoms with E-state index >= 15 is 0 Å². The van der Waals surface area contributed by atoms with Crippen LogP contribution in [-0.2, 0) is 12.8 Å². The van der Waals surface area contributed by atoms with E-state index in [0.29, 0.717) is 0 Å². The van der Waals surface area contributed by atoms with Crippen molar-refractivity contribution in [1.82, 2.24) is 0 Å². The summed E-state index contributed by atoms with van der Waals surface area (Å²) >= 11 is 3.75. The second-order valence-corrected chi connectivity index (χ2v) is 14.7. The largest absolute Gasteiger partial charge is 0.0839 e. The smallest absolute Gasteiger partial charge is 0.0652 e. The first-order chi connectivity index (χ1) is 11.9. The second-order valence-electron chi connectivity index (χ2n) is 9.04. The Morgan fingerprint density at radius 1 is 0.920 bits per heavy atom. The molecule has 2 heteroatoms. The lowest BCUT2D eigenvalue weighted by Gasteiger charge is -2.23. The molecule has 2 saturated carbocycles. The van der Waals surface area contributed by atoms with Crippen LogP contribution in [0.4, 0.5) is 0 Å². The summed E-state index contributed by atoms with van der Waals surface area (Å²) < 4.78 is 1.27. The van der Waals surface area contributed by atoms with Gasteiger partial charge in [-0.1, -0.05) is 77.5 Å². The van der Waals surface area contributed by atoms with Crippen LogP contribution in [0, 0.1) is 17.8 Å². The van der Waals surface area contributed by atoms with Gasteiger partial charge in [-0.2, -0.15) is 0 Å². The predicted octanol–water partition coefficient (Wildman–Crippen LogP) is 6.20. The van der Waals surface area contributed by atoms with Crippen molar-refractivity contribution in [2.75, 3.05) is 0 Å². The quantitative estimate of drug-likeness (QED) is 0.495. The van der Waals surface area contributed by atoms with E-state index in [2.05, 4.69) is 84.5 Å². The van der Waals surface area contributed by atoms with E-state index in [0.717, 1.165) is 23.3 Å². The van der Waals surface area contributed by atoms with E-state index in [1.807, 2.05) is 0 Å². The van der Waals surface area contributed by atoms with E-state index in [1.54, 1.807) is 10.8 Å². The summed E-state index contributed by atoms with van der Waals surface area (Å²) in [6, 6.07) is 18.4. The fourth-order valence-electron chi connectivity index (χ4n) is 4.68. The summed E-state index contributed by atoms with van der Waals surface area (Å²) in [5.74, 6) is 2.76. The molecular weight excluding hydrogens is 384 g/mol. The van der Waals surface area contributed by atoms with E-state index in [-0.39, 0.29) is 0 Å². The molecule has 0 saturated heterocycles. The van der Waals surface area contributed by atoms with Gasteiger partial charge < -0.3 is 0 Å². The maximum atomic E-state index is 3.75. The third-order valence-corrected chi connectivity index (χ3v) is 11.5. The first kappa shape index (κ1) is 17.5. The van der Waals surface area contributed by atoms with Crippen molar-refractivity contribution < 1.29 is 0 Å². The molecule has 0 N–H and O–H groups in total. The Morgan fingerprint density at radius 3 is 2.12 bits per heavy atom. The molecule has 0 heterocycles. The highest BCUT2D eigenvalue weighted by Crippen LogP contribution is 2.53. The number of halogens is 1. The fraction of sp³-hybridized carbons (Fsp3) is 0.478. The van der Waals surface area contributed by atoms with Crippen molar-refractivity contribution in [3.8, 4) is 0 Å². The third kappa shape index (κ3) is 3.95. The monoisotopic (exact) mass is 412 g/mol. The van der Waals surface area contributed by atoms with Crippen molar-refractivity contribution in [2.45, 2.75) is 51.2 Å². The molecule has 4 rings (SSSR count). The second kappa shape index (κ2) is 6.70. The average Bonchev–Trinajstić information content (AvgIpc) is 3.47. The van der Waals surface area contributed by atoms with Crippen LogP contribution in [0.3, 0.4) is 0 Å². The highest BCUT2D eigenvalue weighted by molar-refractivity contribution is 9.10. The van der Waals surface area contributed by atoms with Gasteiger partial charge in [-0.05, 0) is 72.2 Å². The molecule has 0 bridgehead atoms. The van der Waals surface area contributed by atoms with Crippen LogP contribution in [0.25, 0.3) is 0 Å². The molecule has 132 valence electrons. The molecule has 0 radical (unpaired) electrons. The van der Waals surface area contributed by atoms with Crippen LogP contribution in [0.1, 0.15) is 30.9 Å². The number of hydrogen-bond acceptors (Lipinski definition) is 0. The van der Waals surface area contributed by atoms with Crippen LogP contribution in [0.2, 0.25) is 18.6 Å². The Bertz CT molecular complexity index is 752. The molecule has 25 heavy (non-hydrogen) atoms. The Balaban J connectivity index is 1.43. The van der Waals surface area contributed by atoms with E-state index < -0.39 is 8.07 Å². The molecule has 0 amide bonds. The number of rotatable bonds is 6. The molecule has 2 aromatic carbocycles. The summed E-state index contributed by atoms with van der Waals surface area (Å²) in [7, 11) is -1.33. The Hall–Kier alpha value is -0.863. The minimum Gasteiger partial charge on any atom is -0.0652 e. The first-order valence-corrected chi connectivity index (χ1v) is 13.6. The molecule has 2 aromatic rings. The van der Waals surface area contributed by atoms with Crippen molar-refractivity contribution >= 4 is 29.2 Å². The van der Waals surface area contributed by atoms with Gasteiger partial charge in [0.05, 0.1) is 8.07 Å². The maximum absolute atomic E-state index is 3.75. The van der Waals surface area contributed by atoms with Gasteiger partial charge in [0.25, 0.3) is 0 Å². The molecule has 2 fully saturated rings. The number of benzene rings is 2. The summed E-state index contributed by atoms with van der Waals surface area (Å²) in [5, 5.41) is 1.63. The van der Waals surface area contributed by atoms with Gasteiger partial charge in [-0.25, -0.2) is 0 Å². The molecular formula is C23H29BrSi. The topological polar surface area (TPSA) is 0 Å². The standard InChI is InChI=1S/C23H29BrSi/c1-16-9-19(16)11-17-10-18(14-21(24)13-17)12-20-15-23(20)25(2,3)22-7-5-4-6-8-22/h4-8,10,13-14,16,19-20,23H,9,11-12,15H2,1-3H3/t16-,19+,20+,23+/m0/s1. The van der Waals surface area contributed by atoms with Crippen molar-refractivity contribution in [1.29, 1.82) is 0 Å². The van der Waals surface area contributed by atoms with Crippen molar-refractivity contribution in [3.05, 3.63) is 64.1 Å². The summed E-state index contributed by atoms with van der Waals surface area (Å²) in [6.07, 6.45) is 5.38. The Labute approximate surface area is 162 Å². The van der Waals surface area contributed by atoms with Crippen LogP contribution in [-0.4, -0.2) is 8.07 Å². The van der Waals surface area contributed by atoms with Gasteiger partial charge in [-0.3, -0.25) is 0 Å². The zero-order chi connectivity index (χ0) is 17.6. The molecule has 0 spiro atoms. The minimum absolute atomic E-state index is 0.892.